The number of nitrogens with one attached hydrogen (secondary N) is 1. The van der Waals surface area contributed by atoms with Crippen LogP contribution in [0.3, 0.4) is 0 Å². The molecule has 0 unspecified atom stereocenters. The highest BCUT2D eigenvalue weighted by Gasteiger charge is 2.19. The zero-order valence-corrected chi connectivity index (χ0v) is 18.7. The molecule has 1 aromatic carbocycles. The predicted octanol–water partition coefficient (Wildman–Crippen LogP) is 4.64. The van der Waals surface area contributed by atoms with Gasteiger partial charge in [-0.1, -0.05) is 31.5 Å². The summed E-state index contributed by atoms with van der Waals surface area (Å²) in [5, 5.41) is 7.47. The molecule has 1 N–H and O–H groups in total. The molecule has 3 aromatic rings. The van der Waals surface area contributed by atoms with Gasteiger partial charge in [0.1, 0.15) is 5.56 Å². The second-order valence-corrected chi connectivity index (χ2v) is 8.55. The van der Waals surface area contributed by atoms with Crippen LogP contribution in [-0.2, 0) is 6.42 Å². The van der Waals surface area contributed by atoms with Crippen molar-refractivity contribution in [2.24, 2.45) is 5.92 Å². The van der Waals surface area contributed by atoms with Crippen LogP contribution in [-0.4, -0.2) is 27.0 Å². The van der Waals surface area contributed by atoms with E-state index >= 15 is 0 Å². The Morgan fingerprint density at radius 1 is 1.07 bits per heavy atom. The van der Waals surface area contributed by atoms with Gasteiger partial charge in [-0.3, -0.25) is 4.79 Å². The van der Waals surface area contributed by atoms with Crippen molar-refractivity contribution in [2.45, 2.75) is 61.3 Å². The van der Waals surface area contributed by atoms with E-state index in [1.54, 1.807) is 10.7 Å². The van der Waals surface area contributed by atoms with E-state index in [9.17, 15) is 4.79 Å². The highest BCUT2D eigenvalue weighted by molar-refractivity contribution is 5.99. The first-order chi connectivity index (χ1) is 13.7. The average molecular weight is 393 g/mol. The van der Waals surface area contributed by atoms with Crippen molar-refractivity contribution in [1.82, 2.24) is 19.9 Å². The molecule has 5 heteroatoms. The number of amides is 1. The standard InChI is InChI=1S/C24H32N4O/c1-14(2)8-9-25-24(29)22-13-26-28-19(7)21(18(6)27-23(22)28)12-20-16(4)10-15(3)11-17(20)5/h10-11,13-14H,8-9,12H2,1-7H3,(H,25,29). The molecule has 5 nitrogen and oxygen atoms in total. The summed E-state index contributed by atoms with van der Waals surface area (Å²) in [7, 11) is 0. The van der Waals surface area contributed by atoms with E-state index < -0.39 is 0 Å². The van der Waals surface area contributed by atoms with Gasteiger partial charge < -0.3 is 5.32 Å². The summed E-state index contributed by atoms with van der Waals surface area (Å²) in [6.07, 6.45) is 3.40. The number of aryl methyl sites for hydroxylation is 5. The van der Waals surface area contributed by atoms with Crippen LogP contribution in [0.4, 0.5) is 0 Å². The molecule has 0 bridgehead atoms. The molecular weight excluding hydrogens is 360 g/mol. The number of rotatable bonds is 6. The Bertz CT molecular complexity index is 1040. The first-order valence-electron chi connectivity index (χ1n) is 10.4. The van der Waals surface area contributed by atoms with Crippen molar-refractivity contribution >= 4 is 11.6 Å². The molecule has 0 radical (unpaired) electrons. The number of carbonyl (C=O) groups excluding carboxylic acids is 1. The minimum absolute atomic E-state index is 0.107. The number of nitrogens with zero attached hydrogens (tertiary/aromatic N) is 3. The van der Waals surface area contributed by atoms with Gasteiger partial charge >= 0.3 is 0 Å². The fourth-order valence-corrected chi connectivity index (χ4v) is 3.96. The normalized spacial score (nSPS) is 11.4. The maximum Gasteiger partial charge on any atom is 0.256 e. The fraction of sp³-hybridized carbons (Fsp3) is 0.458. The van der Waals surface area contributed by atoms with E-state index in [2.05, 4.69) is 64.1 Å². The second kappa shape index (κ2) is 8.36. The minimum Gasteiger partial charge on any atom is -0.352 e. The summed E-state index contributed by atoms with van der Waals surface area (Å²) < 4.78 is 1.80. The number of aromatic nitrogens is 3. The lowest BCUT2D eigenvalue weighted by Crippen LogP contribution is -2.25. The van der Waals surface area contributed by atoms with E-state index in [0.717, 1.165) is 24.2 Å². The molecule has 2 heterocycles. The smallest absolute Gasteiger partial charge is 0.256 e. The van der Waals surface area contributed by atoms with Crippen LogP contribution < -0.4 is 5.32 Å². The van der Waals surface area contributed by atoms with E-state index in [1.165, 1.54) is 27.8 Å². The van der Waals surface area contributed by atoms with Crippen LogP contribution in [0.15, 0.2) is 18.3 Å². The van der Waals surface area contributed by atoms with Crippen LogP contribution >= 0.6 is 0 Å². The van der Waals surface area contributed by atoms with E-state index in [-0.39, 0.29) is 5.91 Å². The van der Waals surface area contributed by atoms with Crippen LogP contribution in [0, 0.1) is 40.5 Å². The van der Waals surface area contributed by atoms with Crippen molar-refractivity contribution in [3.8, 4) is 0 Å². The summed E-state index contributed by atoms with van der Waals surface area (Å²) in [5.41, 5.74) is 9.53. The third-order valence-corrected chi connectivity index (χ3v) is 5.65. The summed E-state index contributed by atoms with van der Waals surface area (Å²) >= 11 is 0. The molecule has 29 heavy (non-hydrogen) atoms. The van der Waals surface area contributed by atoms with Gasteiger partial charge in [-0.05, 0) is 69.2 Å². The second-order valence-electron chi connectivity index (χ2n) is 8.55. The lowest BCUT2D eigenvalue weighted by atomic mass is 9.93. The number of fused-ring (bicyclic) bond motifs is 1. The van der Waals surface area contributed by atoms with Crippen molar-refractivity contribution in [3.05, 3.63) is 63.1 Å². The zero-order chi connectivity index (χ0) is 21.3. The van der Waals surface area contributed by atoms with Gasteiger partial charge in [0.2, 0.25) is 0 Å². The molecule has 0 saturated heterocycles. The maximum atomic E-state index is 12.6. The molecule has 2 aromatic heterocycles. The Labute approximate surface area is 173 Å². The molecule has 0 spiro atoms. The van der Waals surface area contributed by atoms with Gasteiger partial charge in [0.05, 0.1) is 6.20 Å². The van der Waals surface area contributed by atoms with Crippen LogP contribution in [0.25, 0.3) is 5.65 Å². The van der Waals surface area contributed by atoms with Gasteiger partial charge in [-0.15, -0.1) is 0 Å². The molecule has 0 aliphatic carbocycles. The highest BCUT2D eigenvalue weighted by atomic mass is 16.1. The fourth-order valence-electron chi connectivity index (χ4n) is 3.96. The first-order valence-corrected chi connectivity index (χ1v) is 10.4. The SMILES string of the molecule is Cc1cc(C)c(Cc2c(C)nc3c(C(=O)NCCC(C)C)cnn3c2C)c(C)c1. The number of benzene rings is 1. The summed E-state index contributed by atoms with van der Waals surface area (Å²) in [6.45, 7) is 15.5. The number of carbonyl (C=O) groups is 1. The molecule has 0 aliphatic heterocycles. The summed E-state index contributed by atoms with van der Waals surface area (Å²) in [4.78, 5) is 17.4. The van der Waals surface area contributed by atoms with Gasteiger partial charge in [-0.25, -0.2) is 9.50 Å². The third kappa shape index (κ3) is 4.34. The molecule has 154 valence electrons. The van der Waals surface area contributed by atoms with Crippen LogP contribution in [0.1, 0.15) is 69.8 Å². The number of hydrogen-bond acceptors (Lipinski definition) is 3. The average Bonchev–Trinajstić information content (AvgIpc) is 3.03. The largest absolute Gasteiger partial charge is 0.352 e. The van der Waals surface area contributed by atoms with Gasteiger partial charge in [-0.2, -0.15) is 5.10 Å². The topological polar surface area (TPSA) is 59.3 Å². The van der Waals surface area contributed by atoms with E-state index in [1.807, 2.05) is 6.92 Å². The van der Waals surface area contributed by atoms with Crippen LogP contribution in [0.2, 0.25) is 0 Å². The Morgan fingerprint density at radius 2 is 1.72 bits per heavy atom. The minimum atomic E-state index is -0.107. The molecule has 3 rings (SSSR count). The third-order valence-electron chi connectivity index (χ3n) is 5.65. The van der Waals surface area contributed by atoms with E-state index in [0.29, 0.717) is 23.7 Å². The van der Waals surface area contributed by atoms with Crippen molar-refractivity contribution < 1.29 is 4.79 Å². The lowest BCUT2D eigenvalue weighted by molar-refractivity contribution is 0.0953. The predicted molar refractivity (Wildman–Crippen MR) is 118 cm³/mol. The monoisotopic (exact) mass is 392 g/mol. The van der Waals surface area contributed by atoms with E-state index in [4.69, 9.17) is 4.98 Å². The summed E-state index contributed by atoms with van der Waals surface area (Å²) in [5.74, 6) is 0.447. The molecule has 0 fully saturated rings. The molecule has 0 atom stereocenters. The van der Waals surface area contributed by atoms with Gasteiger partial charge in [0, 0.05) is 24.4 Å². The van der Waals surface area contributed by atoms with Crippen molar-refractivity contribution in [1.29, 1.82) is 0 Å². The molecule has 1 amide bonds. The number of hydrogen-bond donors (Lipinski definition) is 1. The molecule has 0 saturated carbocycles. The Kier molecular flexibility index (Phi) is 6.06. The van der Waals surface area contributed by atoms with Crippen molar-refractivity contribution in [3.63, 3.8) is 0 Å². The quantitative estimate of drug-likeness (QED) is 0.665. The highest BCUT2D eigenvalue weighted by Crippen LogP contribution is 2.24. The van der Waals surface area contributed by atoms with Crippen molar-refractivity contribution in [2.75, 3.05) is 6.54 Å². The van der Waals surface area contributed by atoms with Crippen LogP contribution in [0.5, 0.6) is 0 Å². The van der Waals surface area contributed by atoms with Gasteiger partial charge in [0.25, 0.3) is 5.91 Å². The Morgan fingerprint density at radius 3 is 2.34 bits per heavy atom. The Balaban J connectivity index is 1.96. The first kappa shape index (κ1) is 21.0. The van der Waals surface area contributed by atoms with Gasteiger partial charge in [0.15, 0.2) is 5.65 Å². The molecular formula is C24H32N4O. The lowest BCUT2D eigenvalue weighted by Gasteiger charge is -2.16. The molecule has 0 aliphatic rings. The zero-order valence-electron chi connectivity index (χ0n) is 18.7. The summed E-state index contributed by atoms with van der Waals surface area (Å²) in [6, 6.07) is 4.46. The maximum absolute atomic E-state index is 12.6. The Hall–Kier alpha value is -2.69.